The number of hydrogen-bond donors (Lipinski definition) is 0. The molecule has 0 N–H and O–H groups in total. The topological polar surface area (TPSA) is 59.0 Å². The number of benzene rings is 1. The van der Waals surface area contributed by atoms with E-state index in [-0.39, 0.29) is 11.8 Å². The number of para-hydroxylation sites is 1. The molecule has 2 aliphatic heterocycles. The molecule has 0 aliphatic carbocycles. The average molecular weight is 272 g/mol. The second kappa shape index (κ2) is 4.74. The molecular weight excluding hydrogens is 256 g/mol. The second-order valence-corrected chi connectivity index (χ2v) is 5.53. The molecule has 2 unspecified atom stereocenters. The molecule has 1 aromatic carbocycles. The van der Waals surface area contributed by atoms with Gasteiger partial charge in [-0.05, 0) is 24.5 Å². The number of imide groups is 1. The van der Waals surface area contributed by atoms with Gasteiger partial charge in [0.1, 0.15) is 5.92 Å². The van der Waals surface area contributed by atoms with Crippen LogP contribution in [-0.4, -0.2) is 23.6 Å². The first-order chi connectivity index (χ1) is 9.59. The first-order valence-electron chi connectivity index (χ1n) is 6.75. The molecule has 2 amide bonds. The Labute approximate surface area is 117 Å². The molecule has 5 heteroatoms. The number of oxime groups is 1. The number of anilines is 1. The highest BCUT2D eigenvalue weighted by Crippen LogP contribution is 2.34. The quantitative estimate of drug-likeness (QED) is 0.790. The summed E-state index contributed by atoms with van der Waals surface area (Å²) >= 11 is 0. The molecule has 1 aromatic rings. The van der Waals surface area contributed by atoms with Crippen molar-refractivity contribution in [3.05, 3.63) is 30.3 Å². The Hall–Kier alpha value is -2.17. The molecule has 2 heterocycles. The lowest BCUT2D eigenvalue weighted by Gasteiger charge is -2.15. The zero-order valence-electron chi connectivity index (χ0n) is 11.4. The molecule has 1 saturated heterocycles. The lowest BCUT2D eigenvalue weighted by Crippen LogP contribution is -2.33. The highest BCUT2D eigenvalue weighted by molar-refractivity contribution is 6.30. The van der Waals surface area contributed by atoms with Crippen molar-refractivity contribution in [1.29, 1.82) is 0 Å². The van der Waals surface area contributed by atoms with Crippen LogP contribution in [0.4, 0.5) is 5.69 Å². The SMILES string of the molecule is CC(C)CC1=NOC2C(=O)N(c3ccccc3)C(=O)C12. The summed E-state index contributed by atoms with van der Waals surface area (Å²) in [4.78, 5) is 31.3. The predicted molar refractivity (Wildman–Crippen MR) is 74.2 cm³/mol. The fraction of sp³-hybridized carbons (Fsp3) is 0.400. The number of rotatable bonds is 3. The smallest absolute Gasteiger partial charge is 0.278 e. The molecule has 5 nitrogen and oxygen atoms in total. The van der Waals surface area contributed by atoms with E-state index in [1.54, 1.807) is 24.3 Å². The van der Waals surface area contributed by atoms with Gasteiger partial charge in [0.25, 0.3) is 5.91 Å². The van der Waals surface area contributed by atoms with Crippen molar-refractivity contribution in [2.45, 2.75) is 26.4 Å². The van der Waals surface area contributed by atoms with E-state index in [1.165, 1.54) is 4.90 Å². The fourth-order valence-corrected chi connectivity index (χ4v) is 2.67. The van der Waals surface area contributed by atoms with Crippen LogP contribution < -0.4 is 4.90 Å². The van der Waals surface area contributed by atoms with Crippen LogP contribution in [0.5, 0.6) is 0 Å². The van der Waals surface area contributed by atoms with Gasteiger partial charge in [-0.25, -0.2) is 4.90 Å². The van der Waals surface area contributed by atoms with Gasteiger partial charge in [0.05, 0.1) is 11.4 Å². The summed E-state index contributed by atoms with van der Waals surface area (Å²) in [6.07, 6.45) is -0.112. The first-order valence-corrected chi connectivity index (χ1v) is 6.75. The summed E-state index contributed by atoms with van der Waals surface area (Å²) in [5.74, 6) is -0.744. The van der Waals surface area contributed by atoms with Crippen LogP contribution in [0.25, 0.3) is 0 Å². The van der Waals surface area contributed by atoms with Crippen molar-refractivity contribution in [3.8, 4) is 0 Å². The summed E-state index contributed by atoms with van der Waals surface area (Å²) in [5.41, 5.74) is 1.27. The van der Waals surface area contributed by atoms with Crippen molar-refractivity contribution in [2.24, 2.45) is 17.0 Å². The van der Waals surface area contributed by atoms with Crippen molar-refractivity contribution >= 4 is 23.2 Å². The Balaban J connectivity index is 1.90. The molecule has 0 aromatic heterocycles. The number of carbonyl (C=O) groups excluding carboxylic acids is 2. The van der Waals surface area contributed by atoms with Gasteiger partial charge in [0.15, 0.2) is 0 Å². The zero-order valence-corrected chi connectivity index (χ0v) is 11.4. The standard InChI is InChI=1S/C15H16N2O3/c1-9(2)8-11-12-13(20-16-11)15(19)17(14(12)18)10-6-4-3-5-7-10/h3-7,9,12-13H,8H2,1-2H3. The van der Waals surface area contributed by atoms with Crippen LogP contribution in [0.2, 0.25) is 0 Å². The largest absolute Gasteiger partial charge is 0.381 e. The molecular formula is C15H16N2O3. The van der Waals surface area contributed by atoms with Gasteiger partial charge in [-0.3, -0.25) is 9.59 Å². The van der Waals surface area contributed by atoms with Crippen molar-refractivity contribution in [3.63, 3.8) is 0 Å². The van der Waals surface area contributed by atoms with E-state index >= 15 is 0 Å². The third kappa shape index (κ3) is 1.90. The van der Waals surface area contributed by atoms with E-state index in [2.05, 4.69) is 5.16 Å². The Bertz CT molecular complexity index is 580. The normalized spacial score (nSPS) is 24.9. The van der Waals surface area contributed by atoms with Crippen LogP contribution in [-0.2, 0) is 14.4 Å². The highest BCUT2D eigenvalue weighted by Gasteiger charge is 2.55. The van der Waals surface area contributed by atoms with Gasteiger partial charge >= 0.3 is 0 Å². The van der Waals surface area contributed by atoms with Crippen LogP contribution in [0.1, 0.15) is 20.3 Å². The molecule has 3 rings (SSSR count). The lowest BCUT2D eigenvalue weighted by atomic mass is 9.93. The highest BCUT2D eigenvalue weighted by atomic mass is 16.6. The summed E-state index contributed by atoms with van der Waals surface area (Å²) in [6, 6.07) is 8.94. The molecule has 2 aliphatic rings. The third-order valence-corrected chi connectivity index (χ3v) is 3.53. The van der Waals surface area contributed by atoms with E-state index < -0.39 is 12.0 Å². The summed E-state index contributed by atoms with van der Waals surface area (Å²) in [7, 11) is 0. The van der Waals surface area contributed by atoms with Crippen molar-refractivity contribution in [2.75, 3.05) is 4.90 Å². The summed E-state index contributed by atoms with van der Waals surface area (Å²) in [5, 5.41) is 3.94. The summed E-state index contributed by atoms with van der Waals surface area (Å²) in [6.45, 7) is 4.10. The molecule has 0 saturated carbocycles. The maximum absolute atomic E-state index is 12.5. The van der Waals surface area contributed by atoms with Crippen molar-refractivity contribution in [1.82, 2.24) is 0 Å². The van der Waals surface area contributed by atoms with Crippen LogP contribution in [0, 0.1) is 11.8 Å². The Morgan fingerprint density at radius 3 is 2.55 bits per heavy atom. The minimum Gasteiger partial charge on any atom is -0.381 e. The Morgan fingerprint density at radius 1 is 1.20 bits per heavy atom. The number of amides is 2. The number of carbonyl (C=O) groups is 2. The molecule has 0 spiro atoms. The fourth-order valence-electron chi connectivity index (χ4n) is 2.67. The van der Waals surface area contributed by atoms with Gasteiger partial charge in [-0.2, -0.15) is 0 Å². The minimum absolute atomic E-state index is 0.233. The number of hydrogen-bond acceptors (Lipinski definition) is 4. The molecule has 0 bridgehead atoms. The van der Waals surface area contributed by atoms with Gasteiger partial charge in [0.2, 0.25) is 12.0 Å². The van der Waals surface area contributed by atoms with E-state index in [1.807, 2.05) is 19.9 Å². The third-order valence-electron chi connectivity index (χ3n) is 3.53. The summed E-state index contributed by atoms with van der Waals surface area (Å²) < 4.78 is 0. The Morgan fingerprint density at radius 2 is 1.90 bits per heavy atom. The molecule has 104 valence electrons. The van der Waals surface area contributed by atoms with E-state index in [9.17, 15) is 9.59 Å². The van der Waals surface area contributed by atoms with Crippen LogP contribution >= 0.6 is 0 Å². The van der Waals surface area contributed by atoms with E-state index in [0.717, 1.165) is 0 Å². The molecule has 0 radical (unpaired) electrons. The zero-order chi connectivity index (χ0) is 14.3. The average Bonchev–Trinajstić information content (AvgIpc) is 2.92. The molecule has 2 atom stereocenters. The first kappa shape index (κ1) is 12.8. The Kier molecular flexibility index (Phi) is 3.04. The minimum atomic E-state index is -0.781. The molecule has 20 heavy (non-hydrogen) atoms. The van der Waals surface area contributed by atoms with Gasteiger partial charge in [-0.15, -0.1) is 0 Å². The van der Waals surface area contributed by atoms with E-state index in [4.69, 9.17) is 4.84 Å². The maximum Gasteiger partial charge on any atom is 0.278 e. The monoisotopic (exact) mass is 272 g/mol. The second-order valence-electron chi connectivity index (χ2n) is 5.53. The van der Waals surface area contributed by atoms with Crippen LogP contribution in [0.3, 0.4) is 0 Å². The number of fused-ring (bicyclic) bond motifs is 1. The maximum atomic E-state index is 12.5. The molecule has 1 fully saturated rings. The van der Waals surface area contributed by atoms with Crippen molar-refractivity contribution < 1.29 is 14.4 Å². The van der Waals surface area contributed by atoms with Gasteiger partial charge < -0.3 is 4.84 Å². The van der Waals surface area contributed by atoms with E-state index in [0.29, 0.717) is 23.7 Å². The number of nitrogens with zero attached hydrogens (tertiary/aromatic N) is 2. The lowest BCUT2D eigenvalue weighted by molar-refractivity contribution is -0.126. The van der Waals surface area contributed by atoms with Crippen LogP contribution in [0.15, 0.2) is 35.5 Å². The predicted octanol–water partition coefficient (Wildman–Crippen LogP) is 1.98. The van der Waals surface area contributed by atoms with Gasteiger partial charge in [0, 0.05) is 0 Å². The van der Waals surface area contributed by atoms with Gasteiger partial charge in [-0.1, -0.05) is 37.2 Å².